The van der Waals surface area contributed by atoms with E-state index in [0.717, 1.165) is 35.5 Å². The topological polar surface area (TPSA) is 90.5 Å². The second-order valence-electron chi connectivity index (χ2n) is 7.77. The molecule has 3 aromatic carbocycles. The fourth-order valence-corrected chi connectivity index (χ4v) is 3.98. The number of amides is 1. The highest BCUT2D eigenvalue weighted by Crippen LogP contribution is 2.39. The van der Waals surface area contributed by atoms with E-state index >= 15 is 0 Å². The molecule has 4 rings (SSSR count). The smallest absolute Gasteiger partial charge is 0.307 e. The molecule has 168 valence electrons. The number of hydrogen-bond acceptors (Lipinski definition) is 4. The molecule has 4 N–H and O–H groups in total. The maximum absolute atomic E-state index is 13.0. The third-order valence-electron chi connectivity index (χ3n) is 5.35. The van der Waals surface area contributed by atoms with Crippen LogP contribution in [-0.4, -0.2) is 23.5 Å². The lowest BCUT2D eigenvalue weighted by Gasteiger charge is -2.16. The number of nitrogens with one attached hydrogen (secondary N) is 3. The number of carboxylic acid groups (broad SMARTS) is 1. The maximum Gasteiger partial charge on any atom is 0.307 e. The highest BCUT2D eigenvalue weighted by atomic mass is 35.5. The van der Waals surface area contributed by atoms with E-state index in [2.05, 4.69) is 22.9 Å². The van der Waals surface area contributed by atoms with Crippen LogP contribution in [0.15, 0.2) is 66.7 Å². The molecule has 0 bridgehead atoms. The van der Waals surface area contributed by atoms with Gasteiger partial charge in [-0.3, -0.25) is 9.59 Å². The number of aliphatic carboxylic acids is 1. The van der Waals surface area contributed by atoms with Crippen LogP contribution in [0.1, 0.15) is 29.2 Å². The summed E-state index contributed by atoms with van der Waals surface area (Å²) in [4.78, 5) is 24.3. The average Bonchev–Trinajstić information content (AvgIpc) is 3.11. The van der Waals surface area contributed by atoms with Crippen LogP contribution in [0, 0.1) is 0 Å². The van der Waals surface area contributed by atoms with Gasteiger partial charge in [0, 0.05) is 22.8 Å². The molecule has 0 spiro atoms. The third kappa shape index (κ3) is 5.25. The second-order valence-corrected chi connectivity index (χ2v) is 8.20. The number of anilines is 2. The van der Waals surface area contributed by atoms with E-state index in [0.29, 0.717) is 27.5 Å². The van der Waals surface area contributed by atoms with Crippen LogP contribution in [0.2, 0.25) is 5.02 Å². The van der Waals surface area contributed by atoms with Gasteiger partial charge in [-0.2, -0.15) is 0 Å². The molecule has 0 aromatic heterocycles. The molecule has 3 aromatic rings. The first-order chi connectivity index (χ1) is 15.9. The van der Waals surface area contributed by atoms with E-state index in [4.69, 9.17) is 11.6 Å². The monoisotopic (exact) mass is 461 g/mol. The fraction of sp³-hybridized carbons (Fsp3) is 0.154. The highest BCUT2D eigenvalue weighted by molar-refractivity contribution is 6.38. The van der Waals surface area contributed by atoms with Gasteiger partial charge >= 0.3 is 5.97 Å². The summed E-state index contributed by atoms with van der Waals surface area (Å²) in [6, 6.07) is 20.5. The van der Waals surface area contributed by atoms with Gasteiger partial charge in [-0.1, -0.05) is 54.9 Å². The van der Waals surface area contributed by atoms with Crippen molar-refractivity contribution in [2.75, 3.05) is 17.2 Å². The van der Waals surface area contributed by atoms with Crippen molar-refractivity contribution in [1.29, 1.82) is 0 Å². The van der Waals surface area contributed by atoms with Crippen molar-refractivity contribution in [3.63, 3.8) is 0 Å². The Morgan fingerprint density at radius 1 is 1.03 bits per heavy atom. The molecule has 7 heteroatoms. The van der Waals surface area contributed by atoms with Gasteiger partial charge < -0.3 is 21.1 Å². The molecule has 1 aliphatic rings. The summed E-state index contributed by atoms with van der Waals surface area (Å²) >= 11 is 6.12. The SMILES string of the molecule is CCNCc1ccc(N/C(=C2\C(=O)Nc3cc(Cl)ccc32)c2cccc(CC(=O)O)c2)cc1. The van der Waals surface area contributed by atoms with Crippen LogP contribution in [0.25, 0.3) is 11.3 Å². The van der Waals surface area contributed by atoms with Gasteiger partial charge in [0.2, 0.25) is 0 Å². The lowest BCUT2D eigenvalue weighted by atomic mass is 9.98. The predicted octanol–water partition coefficient (Wildman–Crippen LogP) is 5.01. The van der Waals surface area contributed by atoms with E-state index in [1.54, 1.807) is 30.3 Å². The molecule has 6 nitrogen and oxygen atoms in total. The first-order valence-corrected chi connectivity index (χ1v) is 11.1. The Morgan fingerprint density at radius 3 is 2.55 bits per heavy atom. The van der Waals surface area contributed by atoms with Gasteiger partial charge in [0.25, 0.3) is 5.91 Å². The standard InChI is InChI=1S/C26H24ClN3O3/c1-2-28-15-16-6-9-20(10-7-16)29-25(18-5-3-4-17(12-18)13-23(31)32)24-21-11-8-19(27)14-22(21)30-26(24)33/h3-12,14,28-29H,2,13,15H2,1H3,(H,30,33)(H,31,32)/b25-24-. The molecule has 0 fully saturated rings. The van der Waals surface area contributed by atoms with Crippen molar-refractivity contribution < 1.29 is 14.7 Å². The molecule has 0 atom stereocenters. The Labute approximate surface area is 197 Å². The number of fused-ring (bicyclic) bond motifs is 1. The minimum Gasteiger partial charge on any atom is -0.481 e. The van der Waals surface area contributed by atoms with E-state index in [1.807, 2.05) is 36.4 Å². The molecule has 0 radical (unpaired) electrons. The first-order valence-electron chi connectivity index (χ1n) is 10.7. The Morgan fingerprint density at radius 2 is 1.82 bits per heavy atom. The van der Waals surface area contributed by atoms with Crippen LogP contribution < -0.4 is 16.0 Å². The Bertz CT molecular complexity index is 1240. The van der Waals surface area contributed by atoms with E-state index in [-0.39, 0.29) is 12.3 Å². The number of carboxylic acids is 1. The summed E-state index contributed by atoms with van der Waals surface area (Å²) in [5.41, 5.74) is 5.79. The summed E-state index contributed by atoms with van der Waals surface area (Å²) in [7, 11) is 0. The number of rotatable bonds is 8. The number of halogens is 1. The van der Waals surface area contributed by atoms with Gasteiger partial charge in [-0.15, -0.1) is 0 Å². The van der Waals surface area contributed by atoms with Crippen LogP contribution in [-0.2, 0) is 22.6 Å². The van der Waals surface area contributed by atoms with Gasteiger partial charge in [0.15, 0.2) is 0 Å². The van der Waals surface area contributed by atoms with Crippen LogP contribution >= 0.6 is 11.6 Å². The minimum absolute atomic E-state index is 0.103. The van der Waals surface area contributed by atoms with Crippen molar-refractivity contribution in [2.45, 2.75) is 19.9 Å². The van der Waals surface area contributed by atoms with E-state index in [9.17, 15) is 14.7 Å². The first kappa shape index (κ1) is 22.6. The molecule has 1 aliphatic heterocycles. The van der Waals surface area contributed by atoms with Gasteiger partial charge in [0.1, 0.15) is 0 Å². The third-order valence-corrected chi connectivity index (χ3v) is 5.58. The number of benzene rings is 3. The zero-order valence-corrected chi connectivity index (χ0v) is 18.9. The van der Waals surface area contributed by atoms with Crippen molar-refractivity contribution in [3.05, 3.63) is 94.0 Å². The number of carbonyl (C=O) groups is 2. The molecule has 0 saturated heterocycles. The lowest BCUT2D eigenvalue weighted by molar-refractivity contribution is -0.136. The zero-order valence-electron chi connectivity index (χ0n) is 18.1. The summed E-state index contributed by atoms with van der Waals surface area (Å²) < 4.78 is 0. The molecule has 0 saturated carbocycles. The Hall–Kier alpha value is -3.61. The lowest BCUT2D eigenvalue weighted by Crippen LogP contribution is -2.12. The number of hydrogen-bond donors (Lipinski definition) is 4. The normalized spacial score (nSPS) is 13.9. The molecule has 0 aliphatic carbocycles. The average molecular weight is 462 g/mol. The quantitative estimate of drug-likeness (QED) is 0.354. The van der Waals surface area contributed by atoms with Crippen molar-refractivity contribution >= 4 is 46.1 Å². The van der Waals surface area contributed by atoms with Crippen LogP contribution in [0.4, 0.5) is 11.4 Å². The molecule has 1 heterocycles. The second kappa shape index (κ2) is 9.90. The largest absolute Gasteiger partial charge is 0.481 e. The minimum atomic E-state index is -0.913. The van der Waals surface area contributed by atoms with Crippen LogP contribution in [0.3, 0.4) is 0 Å². The zero-order chi connectivity index (χ0) is 23.4. The van der Waals surface area contributed by atoms with Crippen molar-refractivity contribution in [3.8, 4) is 0 Å². The van der Waals surface area contributed by atoms with Crippen LogP contribution in [0.5, 0.6) is 0 Å². The van der Waals surface area contributed by atoms with Gasteiger partial charge in [-0.05, 0) is 53.6 Å². The fourth-order valence-electron chi connectivity index (χ4n) is 3.80. The van der Waals surface area contributed by atoms with E-state index in [1.165, 1.54) is 0 Å². The molecule has 1 amide bonds. The Balaban J connectivity index is 1.80. The summed E-state index contributed by atoms with van der Waals surface area (Å²) in [5.74, 6) is -1.16. The summed E-state index contributed by atoms with van der Waals surface area (Å²) in [6.45, 7) is 3.73. The summed E-state index contributed by atoms with van der Waals surface area (Å²) in [5, 5.41) is 19.3. The molecular weight excluding hydrogens is 438 g/mol. The maximum atomic E-state index is 13.0. The van der Waals surface area contributed by atoms with Crippen molar-refractivity contribution in [2.24, 2.45) is 0 Å². The van der Waals surface area contributed by atoms with Gasteiger partial charge in [-0.25, -0.2) is 0 Å². The Kier molecular flexibility index (Phi) is 6.77. The predicted molar refractivity (Wildman–Crippen MR) is 132 cm³/mol. The number of carbonyl (C=O) groups excluding carboxylic acids is 1. The summed E-state index contributed by atoms with van der Waals surface area (Å²) in [6.07, 6.45) is -0.103. The van der Waals surface area contributed by atoms with Gasteiger partial charge in [0.05, 0.1) is 23.4 Å². The molecular formula is C26H24ClN3O3. The van der Waals surface area contributed by atoms with E-state index < -0.39 is 5.97 Å². The molecule has 0 unspecified atom stereocenters. The molecule has 33 heavy (non-hydrogen) atoms. The highest BCUT2D eigenvalue weighted by Gasteiger charge is 2.28. The van der Waals surface area contributed by atoms with Crippen molar-refractivity contribution in [1.82, 2.24) is 5.32 Å².